The van der Waals surface area contributed by atoms with Crippen molar-refractivity contribution in [3.05, 3.63) is 29.3 Å². The number of ether oxygens (including phenoxy) is 2. The van der Waals surface area contributed by atoms with Crippen LogP contribution in [0.2, 0.25) is 0 Å². The summed E-state index contributed by atoms with van der Waals surface area (Å²) < 4.78 is 11.8. The van der Waals surface area contributed by atoms with Gasteiger partial charge in [0.25, 0.3) is 0 Å². The number of hydrogen-bond acceptors (Lipinski definition) is 3. The molecule has 1 aromatic rings. The van der Waals surface area contributed by atoms with Gasteiger partial charge in [-0.25, -0.2) is 0 Å². The zero-order chi connectivity index (χ0) is 12.8. The number of fused-ring (bicyclic) bond motifs is 1. The van der Waals surface area contributed by atoms with Crippen LogP contribution < -0.4 is 10.5 Å². The van der Waals surface area contributed by atoms with Crippen molar-refractivity contribution < 1.29 is 9.47 Å². The molecule has 0 radical (unpaired) electrons. The molecule has 1 aliphatic carbocycles. The molecule has 1 fully saturated rings. The van der Waals surface area contributed by atoms with Crippen LogP contribution >= 0.6 is 0 Å². The smallest absolute Gasteiger partial charge is 0.124 e. The number of nitrogens with two attached hydrogens (primary N) is 1. The predicted molar refractivity (Wildman–Crippen MR) is 70.7 cm³/mol. The van der Waals surface area contributed by atoms with E-state index in [0.29, 0.717) is 6.10 Å². The van der Waals surface area contributed by atoms with Crippen LogP contribution in [0.25, 0.3) is 0 Å². The number of rotatable bonds is 2. The Kier molecular flexibility index (Phi) is 2.83. The van der Waals surface area contributed by atoms with Gasteiger partial charge in [-0.2, -0.15) is 0 Å². The van der Waals surface area contributed by atoms with E-state index in [1.54, 1.807) is 0 Å². The molecule has 1 heterocycles. The van der Waals surface area contributed by atoms with Crippen molar-refractivity contribution in [3.8, 4) is 5.75 Å². The van der Waals surface area contributed by atoms with Crippen LogP contribution in [0, 0.1) is 6.92 Å². The van der Waals surface area contributed by atoms with Crippen molar-refractivity contribution in [1.82, 2.24) is 0 Å². The molecule has 1 aromatic carbocycles. The van der Waals surface area contributed by atoms with E-state index in [0.717, 1.165) is 37.2 Å². The van der Waals surface area contributed by atoms with Crippen molar-refractivity contribution >= 4 is 0 Å². The third-order valence-electron chi connectivity index (χ3n) is 4.08. The summed E-state index contributed by atoms with van der Waals surface area (Å²) in [7, 11) is 0. The summed E-state index contributed by atoms with van der Waals surface area (Å²) in [5.74, 6) is 0.967. The molecule has 3 rings (SSSR count). The van der Waals surface area contributed by atoms with Crippen LogP contribution in [0.4, 0.5) is 0 Å². The lowest BCUT2D eigenvalue weighted by molar-refractivity contribution is -0.134. The maximum atomic E-state index is 6.30. The van der Waals surface area contributed by atoms with Crippen molar-refractivity contribution in [3.63, 3.8) is 0 Å². The van der Waals surface area contributed by atoms with Gasteiger partial charge < -0.3 is 15.2 Å². The van der Waals surface area contributed by atoms with Gasteiger partial charge in [-0.3, -0.25) is 0 Å². The van der Waals surface area contributed by atoms with E-state index in [2.05, 4.69) is 25.1 Å². The molecule has 0 aromatic heterocycles. The van der Waals surface area contributed by atoms with E-state index in [4.69, 9.17) is 15.2 Å². The maximum absolute atomic E-state index is 6.30. The quantitative estimate of drug-likeness (QED) is 0.874. The Balaban J connectivity index is 1.79. The molecule has 0 bridgehead atoms. The second kappa shape index (κ2) is 4.25. The zero-order valence-corrected chi connectivity index (χ0v) is 11.1. The molecule has 3 heteroatoms. The lowest BCUT2D eigenvalue weighted by Crippen LogP contribution is -2.55. The Hall–Kier alpha value is -1.06. The van der Waals surface area contributed by atoms with E-state index in [1.807, 2.05) is 6.92 Å². The molecule has 98 valence electrons. The van der Waals surface area contributed by atoms with Crippen molar-refractivity contribution in [2.24, 2.45) is 5.73 Å². The van der Waals surface area contributed by atoms with E-state index >= 15 is 0 Å². The summed E-state index contributed by atoms with van der Waals surface area (Å²) in [6.45, 7) is 4.91. The number of benzene rings is 1. The highest BCUT2D eigenvalue weighted by Gasteiger charge is 2.50. The van der Waals surface area contributed by atoms with Gasteiger partial charge in [0.15, 0.2) is 0 Å². The zero-order valence-electron chi connectivity index (χ0n) is 11.1. The van der Waals surface area contributed by atoms with Gasteiger partial charge in [-0.15, -0.1) is 0 Å². The number of aryl methyl sites for hydroxylation is 1. The summed E-state index contributed by atoms with van der Waals surface area (Å²) in [4.78, 5) is 0. The summed E-state index contributed by atoms with van der Waals surface area (Å²) in [5, 5.41) is 0. The minimum Gasteiger partial charge on any atom is -0.487 e. The first-order valence-corrected chi connectivity index (χ1v) is 6.79. The summed E-state index contributed by atoms with van der Waals surface area (Å²) in [6.07, 6.45) is 3.21. The minimum atomic E-state index is -0.0679. The third-order valence-corrected chi connectivity index (χ3v) is 4.08. The molecule has 3 nitrogen and oxygen atoms in total. The molecule has 1 aliphatic heterocycles. The molecule has 0 unspecified atom stereocenters. The highest BCUT2D eigenvalue weighted by Crippen LogP contribution is 2.49. The normalized spacial score (nSPS) is 33.7. The maximum Gasteiger partial charge on any atom is 0.124 e. The molecule has 18 heavy (non-hydrogen) atoms. The van der Waals surface area contributed by atoms with Gasteiger partial charge >= 0.3 is 0 Å². The molecule has 2 N–H and O–H groups in total. The van der Waals surface area contributed by atoms with E-state index < -0.39 is 0 Å². The first-order valence-electron chi connectivity index (χ1n) is 6.79. The summed E-state index contributed by atoms with van der Waals surface area (Å²) in [5.41, 5.74) is 8.62. The van der Waals surface area contributed by atoms with Crippen LogP contribution in [0.5, 0.6) is 5.75 Å². The fraction of sp³-hybridized carbons (Fsp3) is 0.600. The lowest BCUT2D eigenvalue weighted by Gasteiger charge is -2.51. The first kappa shape index (κ1) is 12.0. The average molecular weight is 247 g/mol. The van der Waals surface area contributed by atoms with Crippen LogP contribution in [-0.4, -0.2) is 18.3 Å². The lowest BCUT2D eigenvalue weighted by atomic mass is 9.71. The van der Waals surface area contributed by atoms with Crippen LogP contribution in [0.3, 0.4) is 0 Å². The second-order valence-electron chi connectivity index (χ2n) is 5.62. The minimum absolute atomic E-state index is 0.0679. The Morgan fingerprint density at radius 1 is 1.39 bits per heavy atom. The Labute approximate surface area is 108 Å². The highest BCUT2D eigenvalue weighted by molar-refractivity contribution is 5.42. The van der Waals surface area contributed by atoms with Gasteiger partial charge in [-0.1, -0.05) is 17.7 Å². The molecule has 1 saturated carbocycles. The van der Waals surface area contributed by atoms with E-state index in [-0.39, 0.29) is 11.6 Å². The predicted octanol–water partition coefficient (Wildman–Crippen LogP) is 2.72. The fourth-order valence-electron chi connectivity index (χ4n) is 3.21. The summed E-state index contributed by atoms with van der Waals surface area (Å²) in [6, 6.07) is 6.38. The second-order valence-corrected chi connectivity index (χ2v) is 5.62. The molecule has 1 spiro atoms. The van der Waals surface area contributed by atoms with Gasteiger partial charge in [-0.05, 0) is 19.9 Å². The SMILES string of the molecule is CCOC1CC2(C1)C[C@H](N)c1cc(C)ccc1O2. The first-order chi connectivity index (χ1) is 8.62. The summed E-state index contributed by atoms with van der Waals surface area (Å²) >= 11 is 0. The Morgan fingerprint density at radius 2 is 2.17 bits per heavy atom. The van der Waals surface area contributed by atoms with Crippen LogP contribution in [0.15, 0.2) is 18.2 Å². The standard InChI is InChI=1S/C15H21NO2/c1-3-17-11-7-15(8-11)9-13(16)12-6-10(2)4-5-14(12)18-15/h4-6,11,13H,3,7-9,16H2,1-2H3/t11?,13-,15?/m0/s1. The van der Waals surface area contributed by atoms with Crippen molar-refractivity contribution in [2.75, 3.05) is 6.61 Å². The fourth-order valence-corrected chi connectivity index (χ4v) is 3.21. The molecular formula is C15H21NO2. The van der Waals surface area contributed by atoms with Crippen LogP contribution in [0.1, 0.15) is 43.4 Å². The van der Waals surface area contributed by atoms with Crippen molar-refractivity contribution in [1.29, 1.82) is 0 Å². The largest absolute Gasteiger partial charge is 0.487 e. The molecule has 1 atom stereocenters. The Morgan fingerprint density at radius 3 is 2.89 bits per heavy atom. The van der Waals surface area contributed by atoms with Crippen LogP contribution in [-0.2, 0) is 4.74 Å². The Bertz CT molecular complexity index is 452. The van der Waals surface area contributed by atoms with Gasteiger partial charge in [0.2, 0.25) is 0 Å². The molecule has 0 saturated heterocycles. The monoisotopic (exact) mass is 247 g/mol. The van der Waals surface area contributed by atoms with Crippen molar-refractivity contribution in [2.45, 2.75) is 50.9 Å². The third kappa shape index (κ3) is 1.91. The molecular weight excluding hydrogens is 226 g/mol. The van der Waals surface area contributed by atoms with Gasteiger partial charge in [0, 0.05) is 37.5 Å². The number of hydrogen-bond donors (Lipinski definition) is 1. The molecule has 2 aliphatic rings. The van der Waals surface area contributed by atoms with Gasteiger partial charge in [0.05, 0.1) is 6.10 Å². The highest BCUT2D eigenvalue weighted by atomic mass is 16.5. The molecule has 0 amide bonds. The van der Waals surface area contributed by atoms with E-state index in [9.17, 15) is 0 Å². The topological polar surface area (TPSA) is 44.5 Å². The van der Waals surface area contributed by atoms with E-state index in [1.165, 1.54) is 5.56 Å². The van der Waals surface area contributed by atoms with Gasteiger partial charge in [0.1, 0.15) is 11.4 Å². The average Bonchev–Trinajstić information content (AvgIpc) is 2.29.